The highest BCUT2D eigenvalue weighted by molar-refractivity contribution is 5.94. The number of aromatic nitrogens is 3. The number of carbonyl (C=O) groups is 1. The van der Waals surface area contributed by atoms with E-state index in [4.69, 9.17) is 4.74 Å². The van der Waals surface area contributed by atoms with Gasteiger partial charge in [-0.1, -0.05) is 25.1 Å². The summed E-state index contributed by atoms with van der Waals surface area (Å²) < 4.78 is 7.13. The zero-order valence-corrected chi connectivity index (χ0v) is 16.9. The SMILES string of the molecule is CCCNC(=O)c1ccc(Nc2nc3cccc(-c4cccc(OC)c4)n3n2)cc1. The van der Waals surface area contributed by atoms with Crippen LogP contribution in [0, 0.1) is 0 Å². The van der Waals surface area contributed by atoms with E-state index >= 15 is 0 Å². The third-order valence-electron chi connectivity index (χ3n) is 4.66. The Kier molecular flexibility index (Phi) is 5.61. The Morgan fingerprint density at radius 3 is 2.63 bits per heavy atom. The Balaban J connectivity index is 1.58. The minimum Gasteiger partial charge on any atom is -0.497 e. The standard InChI is InChI=1S/C23H23N5O2/c1-3-14-24-22(29)16-10-12-18(13-11-16)25-23-26-21-9-5-8-20(28(21)27-23)17-6-4-7-19(15-17)30-2/h4-13,15H,3,14H2,1-2H3,(H,24,29)(H,25,27). The molecule has 0 bridgehead atoms. The van der Waals surface area contributed by atoms with Crippen LogP contribution in [0.1, 0.15) is 23.7 Å². The van der Waals surface area contributed by atoms with Crippen molar-refractivity contribution in [3.63, 3.8) is 0 Å². The van der Waals surface area contributed by atoms with Crippen LogP contribution in [0.4, 0.5) is 11.6 Å². The summed E-state index contributed by atoms with van der Waals surface area (Å²) >= 11 is 0. The summed E-state index contributed by atoms with van der Waals surface area (Å²) in [6.07, 6.45) is 0.905. The van der Waals surface area contributed by atoms with Crippen molar-refractivity contribution in [2.45, 2.75) is 13.3 Å². The number of carbonyl (C=O) groups excluding carboxylic acids is 1. The van der Waals surface area contributed by atoms with Gasteiger partial charge in [0.1, 0.15) is 5.75 Å². The first-order valence-corrected chi connectivity index (χ1v) is 9.83. The van der Waals surface area contributed by atoms with Crippen LogP contribution < -0.4 is 15.4 Å². The Hall–Kier alpha value is -3.87. The summed E-state index contributed by atoms with van der Waals surface area (Å²) in [6.45, 7) is 2.69. The lowest BCUT2D eigenvalue weighted by Gasteiger charge is -2.06. The number of pyridine rings is 1. The Morgan fingerprint density at radius 1 is 1.07 bits per heavy atom. The summed E-state index contributed by atoms with van der Waals surface area (Å²) in [7, 11) is 1.65. The number of rotatable bonds is 7. The molecule has 0 saturated heterocycles. The molecule has 0 radical (unpaired) electrons. The van der Waals surface area contributed by atoms with Gasteiger partial charge in [-0.15, -0.1) is 5.10 Å². The predicted molar refractivity (Wildman–Crippen MR) is 117 cm³/mol. The van der Waals surface area contributed by atoms with Gasteiger partial charge in [0.25, 0.3) is 5.91 Å². The van der Waals surface area contributed by atoms with Gasteiger partial charge in [0, 0.05) is 23.4 Å². The van der Waals surface area contributed by atoms with Crippen molar-refractivity contribution >= 4 is 23.2 Å². The van der Waals surface area contributed by atoms with Gasteiger partial charge in [0.15, 0.2) is 5.65 Å². The van der Waals surface area contributed by atoms with Gasteiger partial charge in [0.05, 0.1) is 12.8 Å². The first-order chi connectivity index (χ1) is 14.7. The highest BCUT2D eigenvalue weighted by Crippen LogP contribution is 2.25. The smallest absolute Gasteiger partial charge is 0.251 e. The number of hydrogen-bond acceptors (Lipinski definition) is 5. The van der Waals surface area contributed by atoms with E-state index < -0.39 is 0 Å². The normalized spacial score (nSPS) is 10.7. The van der Waals surface area contributed by atoms with Crippen molar-refractivity contribution in [1.82, 2.24) is 19.9 Å². The van der Waals surface area contributed by atoms with Crippen LogP contribution in [-0.2, 0) is 0 Å². The average Bonchev–Trinajstić information content (AvgIpc) is 3.20. The van der Waals surface area contributed by atoms with Crippen LogP contribution in [-0.4, -0.2) is 34.2 Å². The van der Waals surface area contributed by atoms with E-state index in [0.717, 1.165) is 34.8 Å². The van der Waals surface area contributed by atoms with E-state index in [1.165, 1.54) is 0 Å². The largest absolute Gasteiger partial charge is 0.497 e. The molecule has 7 nitrogen and oxygen atoms in total. The van der Waals surface area contributed by atoms with Crippen LogP contribution >= 0.6 is 0 Å². The van der Waals surface area contributed by atoms with Crippen molar-refractivity contribution in [3.05, 3.63) is 72.3 Å². The summed E-state index contributed by atoms with van der Waals surface area (Å²) in [5.41, 5.74) is 4.06. The molecule has 0 aliphatic carbocycles. The Bertz CT molecular complexity index is 1170. The molecule has 0 aliphatic heterocycles. The molecule has 7 heteroatoms. The molecule has 2 heterocycles. The van der Waals surface area contributed by atoms with Gasteiger partial charge in [-0.3, -0.25) is 4.79 Å². The fourth-order valence-corrected chi connectivity index (χ4v) is 3.13. The summed E-state index contributed by atoms with van der Waals surface area (Å²) in [6, 6.07) is 20.9. The summed E-state index contributed by atoms with van der Waals surface area (Å²) in [4.78, 5) is 16.6. The highest BCUT2D eigenvalue weighted by atomic mass is 16.5. The molecule has 0 aliphatic rings. The molecule has 0 spiro atoms. The van der Waals surface area contributed by atoms with Crippen LogP contribution in [0.3, 0.4) is 0 Å². The maximum absolute atomic E-state index is 12.0. The number of benzene rings is 2. The predicted octanol–water partition coefficient (Wildman–Crippen LogP) is 4.29. The molecule has 4 rings (SSSR count). The molecule has 0 fully saturated rings. The molecule has 2 N–H and O–H groups in total. The average molecular weight is 401 g/mol. The molecule has 1 amide bonds. The second kappa shape index (κ2) is 8.65. The molecular weight excluding hydrogens is 378 g/mol. The first-order valence-electron chi connectivity index (χ1n) is 9.83. The van der Waals surface area contributed by atoms with Gasteiger partial charge in [-0.2, -0.15) is 4.98 Å². The molecule has 4 aromatic rings. The number of anilines is 2. The minimum atomic E-state index is -0.0720. The maximum Gasteiger partial charge on any atom is 0.251 e. The van der Waals surface area contributed by atoms with Gasteiger partial charge < -0.3 is 15.4 Å². The first kappa shape index (κ1) is 19.4. The molecule has 0 unspecified atom stereocenters. The van der Waals surface area contributed by atoms with Crippen LogP contribution in [0.2, 0.25) is 0 Å². The third-order valence-corrected chi connectivity index (χ3v) is 4.66. The van der Waals surface area contributed by atoms with Gasteiger partial charge >= 0.3 is 0 Å². The van der Waals surface area contributed by atoms with E-state index in [-0.39, 0.29) is 5.91 Å². The van der Waals surface area contributed by atoms with E-state index in [1.807, 2.05) is 61.5 Å². The van der Waals surface area contributed by atoms with Crippen LogP contribution in [0.5, 0.6) is 5.75 Å². The van der Waals surface area contributed by atoms with Gasteiger partial charge in [-0.25, -0.2) is 4.52 Å². The molecule has 0 atom stereocenters. The molecule has 0 saturated carbocycles. The van der Waals surface area contributed by atoms with Crippen molar-refractivity contribution in [2.75, 3.05) is 19.0 Å². The molecule has 2 aromatic heterocycles. The molecule has 152 valence electrons. The number of ether oxygens (including phenoxy) is 1. The van der Waals surface area contributed by atoms with E-state index in [2.05, 4.69) is 20.7 Å². The molecule has 2 aromatic carbocycles. The summed E-state index contributed by atoms with van der Waals surface area (Å²) in [5.74, 6) is 1.19. The second-order valence-electron chi connectivity index (χ2n) is 6.81. The minimum absolute atomic E-state index is 0.0720. The topological polar surface area (TPSA) is 80.5 Å². The molecular formula is C23H23N5O2. The van der Waals surface area contributed by atoms with E-state index in [9.17, 15) is 4.79 Å². The fourth-order valence-electron chi connectivity index (χ4n) is 3.13. The number of amides is 1. The zero-order valence-electron chi connectivity index (χ0n) is 16.9. The van der Waals surface area contributed by atoms with Gasteiger partial charge in [0.2, 0.25) is 5.95 Å². The highest BCUT2D eigenvalue weighted by Gasteiger charge is 2.10. The summed E-state index contributed by atoms with van der Waals surface area (Å²) in [5, 5.41) is 10.7. The number of methoxy groups -OCH3 is 1. The zero-order chi connectivity index (χ0) is 20.9. The van der Waals surface area contributed by atoms with E-state index in [0.29, 0.717) is 18.1 Å². The second-order valence-corrected chi connectivity index (χ2v) is 6.81. The number of nitrogens with one attached hydrogen (secondary N) is 2. The molecule has 30 heavy (non-hydrogen) atoms. The Morgan fingerprint density at radius 2 is 1.87 bits per heavy atom. The quantitative estimate of drug-likeness (QED) is 0.483. The lowest BCUT2D eigenvalue weighted by atomic mass is 10.1. The monoisotopic (exact) mass is 401 g/mol. The third kappa shape index (κ3) is 4.10. The lowest BCUT2D eigenvalue weighted by molar-refractivity contribution is 0.0953. The number of nitrogens with zero attached hydrogens (tertiary/aromatic N) is 3. The van der Waals surface area contributed by atoms with Crippen LogP contribution in [0.15, 0.2) is 66.7 Å². The number of hydrogen-bond donors (Lipinski definition) is 2. The van der Waals surface area contributed by atoms with E-state index in [1.54, 1.807) is 23.8 Å². The van der Waals surface area contributed by atoms with Gasteiger partial charge in [-0.05, 0) is 55.0 Å². The van der Waals surface area contributed by atoms with Crippen molar-refractivity contribution in [1.29, 1.82) is 0 Å². The van der Waals surface area contributed by atoms with Crippen LogP contribution in [0.25, 0.3) is 16.9 Å². The lowest BCUT2D eigenvalue weighted by Crippen LogP contribution is -2.23. The fraction of sp³-hybridized carbons (Fsp3) is 0.174. The number of fused-ring (bicyclic) bond motifs is 1. The van der Waals surface area contributed by atoms with Crippen molar-refractivity contribution < 1.29 is 9.53 Å². The Labute approximate surface area is 174 Å². The van der Waals surface area contributed by atoms with Crippen molar-refractivity contribution in [3.8, 4) is 17.0 Å². The van der Waals surface area contributed by atoms with Crippen molar-refractivity contribution in [2.24, 2.45) is 0 Å². The maximum atomic E-state index is 12.0.